The van der Waals surface area contributed by atoms with Crippen molar-refractivity contribution in [1.82, 2.24) is 10.3 Å². The van der Waals surface area contributed by atoms with Crippen molar-refractivity contribution in [3.05, 3.63) is 45.9 Å². The molecule has 3 nitrogen and oxygen atoms in total. The van der Waals surface area contributed by atoms with Gasteiger partial charge in [-0.25, -0.2) is 4.98 Å². The van der Waals surface area contributed by atoms with E-state index in [4.69, 9.17) is 4.74 Å². The molecule has 1 aliphatic carbocycles. The van der Waals surface area contributed by atoms with Crippen LogP contribution in [0.3, 0.4) is 0 Å². The Bertz CT molecular complexity index is 568. The van der Waals surface area contributed by atoms with Crippen LogP contribution >= 0.6 is 11.3 Å². The van der Waals surface area contributed by atoms with Gasteiger partial charge in [0.05, 0.1) is 0 Å². The summed E-state index contributed by atoms with van der Waals surface area (Å²) in [7, 11) is 0. The molecule has 1 aromatic heterocycles. The summed E-state index contributed by atoms with van der Waals surface area (Å²) in [6.45, 7) is 3.86. The normalized spacial score (nSPS) is 17.5. The summed E-state index contributed by atoms with van der Waals surface area (Å²) in [5.41, 5.74) is 2.81. The Morgan fingerprint density at radius 1 is 1.43 bits per heavy atom. The number of nitrogens with zero attached hydrogens (tertiary/aromatic N) is 1. The summed E-state index contributed by atoms with van der Waals surface area (Å²) in [6.07, 6.45) is 6.57. The van der Waals surface area contributed by atoms with Crippen LogP contribution < -0.4 is 10.1 Å². The predicted octanol–water partition coefficient (Wildman–Crippen LogP) is 4.10. The van der Waals surface area contributed by atoms with Crippen molar-refractivity contribution in [1.29, 1.82) is 0 Å². The third kappa shape index (κ3) is 3.44. The van der Waals surface area contributed by atoms with E-state index in [0.29, 0.717) is 12.6 Å². The molecule has 0 aliphatic heterocycles. The maximum Gasteiger partial charge on any atom is 0.140 e. The van der Waals surface area contributed by atoms with E-state index in [1.807, 2.05) is 11.6 Å². The SMILES string of the molecule is CCCNC1CCCc2c(OCc3nccs3)cccc21. The first-order valence-corrected chi connectivity index (χ1v) is 8.62. The molecule has 1 unspecified atom stereocenters. The molecule has 4 heteroatoms. The molecule has 1 aliphatic rings. The number of hydrogen-bond donors (Lipinski definition) is 1. The van der Waals surface area contributed by atoms with Crippen molar-refractivity contribution < 1.29 is 4.74 Å². The number of ether oxygens (including phenoxy) is 1. The molecular formula is C17H22N2OS. The molecule has 1 N–H and O–H groups in total. The summed E-state index contributed by atoms with van der Waals surface area (Å²) >= 11 is 1.64. The largest absolute Gasteiger partial charge is 0.486 e. The van der Waals surface area contributed by atoms with Gasteiger partial charge in [-0.2, -0.15) is 0 Å². The van der Waals surface area contributed by atoms with Crippen LogP contribution in [0.25, 0.3) is 0 Å². The molecule has 3 rings (SSSR count). The Balaban J connectivity index is 1.76. The van der Waals surface area contributed by atoms with Gasteiger partial charge in [0.15, 0.2) is 0 Å². The van der Waals surface area contributed by atoms with Crippen LogP contribution in [-0.2, 0) is 13.0 Å². The maximum atomic E-state index is 6.02. The van der Waals surface area contributed by atoms with E-state index in [-0.39, 0.29) is 0 Å². The first-order chi connectivity index (χ1) is 10.4. The van der Waals surface area contributed by atoms with Crippen LogP contribution in [0.15, 0.2) is 29.8 Å². The highest BCUT2D eigenvalue weighted by Crippen LogP contribution is 2.35. The highest BCUT2D eigenvalue weighted by atomic mass is 32.1. The smallest absolute Gasteiger partial charge is 0.140 e. The fraction of sp³-hybridized carbons (Fsp3) is 0.471. The molecule has 1 aromatic carbocycles. The van der Waals surface area contributed by atoms with E-state index in [1.165, 1.54) is 30.4 Å². The van der Waals surface area contributed by atoms with Gasteiger partial charge in [-0.1, -0.05) is 19.1 Å². The van der Waals surface area contributed by atoms with Gasteiger partial charge >= 0.3 is 0 Å². The van der Waals surface area contributed by atoms with E-state index in [0.717, 1.165) is 23.7 Å². The Hall–Kier alpha value is -1.39. The van der Waals surface area contributed by atoms with E-state index in [9.17, 15) is 0 Å². The zero-order valence-corrected chi connectivity index (χ0v) is 13.3. The molecule has 0 fully saturated rings. The summed E-state index contributed by atoms with van der Waals surface area (Å²) in [5, 5.41) is 6.68. The number of thiazole rings is 1. The van der Waals surface area contributed by atoms with Crippen LogP contribution in [0.2, 0.25) is 0 Å². The Morgan fingerprint density at radius 2 is 2.38 bits per heavy atom. The van der Waals surface area contributed by atoms with Crippen LogP contribution in [0.5, 0.6) is 5.75 Å². The third-order valence-electron chi connectivity index (χ3n) is 3.94. The lowest BCUT2D eigenvalue weighted by atomic mass is 9.87. The van der Waals surface area contributed by atoms with Gasteiger partial charge in [0.1, 0.15) is 17.4 Å². The predicted molar refractivity (Wildman–Crippen MR) is 86.9 cm³/mol. The Morgan fingerprint density at radius 3 is 3.19 bits per heavy atom. The Labute approximate surface area is 130 Å². The van der Waals surface area contributed by atoms with Gasteiger partial charge in [0.2, 0.25) is 0 Å². The number of hydrogen-bond acceptors (Lipinski definition) is 4. The van der Waals surface area contributed by atoms with Crippen LogP contribution in [-0.4, -0.2) is 11.5 Å². The van der Waals surface area contributed by atoms with Gasteiger partial charge < -0.3 is 10.1 Å². The van der Waals surface area contributed by atoms with Crippen molar-refractivity contribution in [2.75, 3.05) is 6.54 Å². The van der Waals surface area contributed by atoms with E-state index in [1.54, 1.807) is 11.3 Å². The average Bonchev–Trinajstić information content (AvgIpc) is 3.04. The average molecular weight is 302 g/mol. The highest BCUT2D eigenvalue weighted by molar-refractivity contribution is 7.09. The topological polar surface area (TPSA) is 34.1 Å². The minimum absolute atomic E-state index is 0.483. The second-order valence-electron chi connectivity index (χ2n) is 5.44. The van der Waals surface area contributed by atoms with Crippen molar-refractivity contribution in [2.45, 2.75) is 45.3 Å². The summed E-state index contributed by atoms with van der Waals surface area (Å²) < 4.78 is 6.02. The number of aromatic nitrogens is 1. The van der Waals surface area contributed by atoms with Crippen molar-refractivity contribution in [3.8, 4) is 5.75 Å². The van der Waals surface area contributed by atoms with E-state index < -0.39 is 0 Å². The van der Waals surface area contributed by atoms with Crippen LogP contribution in [0.4, 0.5) is 0 Å². The zero-order valence-electron chi connectivity index (χ0n) is 12.5. The standard InChI is InChI=1S/C17H22N2OS/c1-2-9-18-15-7-3-6-14-13(15)5-4-8-16(14)20-12-17-19-10-11-21-17/h4-5,8,10-11,15,18H,2-3,6-7,9,12H2,1H3. The van der Waals surface area contributed by atoms with E-state index >= 15 is 0 Å². The Kier molecular flexibility index (Phi) is 4.88. The fourth-order valence-electron chi connectivity index (χ4n) is 2.94. The molecular weight excluding hydrogens is 280 g/mol. The van der Waals surface area contributed by atoms with Crippen molar-refractivity contribution in [3.63, 3.8) is 0 Å². The van der Waals surface area contributed by atoms with Gasteiger partial charge in [0.25, 0.3) is 0 Å². The molecule has 0 spiro atoms. The molecule has 0 saturated carbocycles. The zero-order chi connectivity index (χ0) is 14.5. The minimum Gasteiger partial charge on any atom is -0.486 e. The summed E-state index contributed by atoms with van der Waals surface area (Å²) in [5.74, 6) is 1.03. The van der Waals surface area contributed by atoms with Gasteiger partial charge in [-0.3, -0.25) is 0 Å². The lowest BCUT2D eigenvalue weighted by Crippen LogP contribution is -2.26. The van der Waals surface area contributed by atoms with Gasteiger partial charge in [-0.05, 0) is 49.4 Å². The number of rotatable bonds is 6. The first-order valence-electron chi connectivity index (χ1n) is 7.75. The molecule has 0 saturated heterocycles. The summed E-state index contributed by atoms with van der Waals surface area (Å²) in [4.78, 5) is 4.28. The molecule has 21 heavy (non-hydrogen) atoms. The molecule has 0 amide bonds. The third-order valence-corrected chi connectivity index (χ3v) is 4.69. The molecule has 112 valence electrons. The quantitative estimate of drug-likeness (QED) is 0.872. The fourth-order valence-corrected chi connectivity index (χ4v) is 3.47. The van der Waals surface area contributed by atoms with Gasteiger partial charge in [-0.15, -0.1) is 11.3 Å². The molecule has 0 bridgehead atoms. The second-order valence-corrected chi connectivity index (χ2v) is 6.42. The molecule has 0 radical (unpaired) electrons. The minimum atomic E-state index is 0.483. The number of benzene rings is 1. The van der Waals surface area contributed by atoms with E-state index in [2.05, 4.69) is 35.4 Å². The lowest BCUT2D eigenvalue weighted by Gasteiger charge is -2.28. The van der Waals surface area contributed by atoms with Gasteiger partial charge in [0, 0.05) is 17.6 Å². The van der Waals surface area contributed by atoms with Crippen molar-refractivity contribution in [2.24, 2.45) is 0 Å². The molecule has 1 atom stereocenters. The highest BCUT2D eigenvalue weighted by Gasteiger charge is 2.22. The molecule has 1 heterocycles. The molecule has 2 aromatic rings. The lowest BCUT2D eigenvalue weighted by molar-refractivity contribution is 0.299. The van der Waals surface area contributed by atoms with Crippen LogP contribution in [0, 0.1) is 0 Å². The summed E-state index contributed by atoms with van der Waals surface area (Å²) in [6, 6.07) is 6.94. The number of nitrogens with one attached hydrogen (secondary N) is 1. The number of fused-ring (bicyclic) bond motifs is 1. The maximum absolute atomic E-state index is 6.02. The monoisotopic (exact) mass is 302 g/mol. The second kappa shape index (κ2) is 7.05. The van der Waals surface area contributed by atoms with Crippen LogP contribution in [0.1, 0.15) is 48.4 Å². The van der Waals surface area contributed by atoms with Crippen molar-refractivity contribution >= 4 is 11.3 Å². The first kappa shape index (κ1) is 14.5.